The highest BCUT2D eigenvalue weighted by molar-refractivity contribution is 5.96. The molecular weight excluding hydrogens is 869 g/mol. The molecule has 0 aliphatic carbocycles. The second kappa shape index (κ2) is 30.4. The van der Waals surface area contributed by atoms with Gasteiger partial charge in [-0.15, -0.1) is 0 Å². The average Bonchev–Trinajstić information content (AvgIpc) is 3.27. The number of benzene rings is 2. The molecule has 4 atom stereocenters. The van der Waals surface area contributed by atoms with E-state index in [0.29, 0.717) is 23.6 Å². The maximum absolute atomic E-state index is 12.7. The fraction of sp³-hybridized carbons (Fsp3) is 0.521. The number of carboxylic acids is 2. The second-order valence-electron chi connectivity index (χ2n) is 17.2. The predicted octanol–water partition coefficient (Wildman–Crippen LogP) is 4.38. The lowest BCUT2D eigenvalue weighted by molar-refractivity contribution is -0.167. The van der Waals surface area contributed by atoms with Crippen LogP contribution < -0.4 is 31.9 Å². The number of aryl methyl sites for hydroxylation is 1. The van der Waals surface area contributed by atoms with E-state index in [9.17, 15) is 48.3 Å². The van der Waals surface area contributed by atoms with Gasteiger partial charge < -0.3 is 51.6 Å². The third-order valence-electron chi connectivity index (χ3n) is 10.2. The zero-order valence-electron chi connectivity index (χ0n) is 39.3. The van der Waals surface area contributed by atoms with E-state index in [2.05, 4.69) is 38.8 Å². The van der Waals surface area contributed by atoms with Crippen molar-refractivity contribution in [3.8, 4) is 0 Å². The van der Waals surface area contributed by atoms with E-state index >= 15 is 0 Å². The monoisotopic (exact) mass is 936 g/mol. The molecule has 19 heteroatoms. The van der Waals surface area contributed by atoms with Crippen molar-refractivity contribution in [1.82, 2.24) is 26.6 Å². The molecule has 0 saturated heterocycles. The first kappa shape index (κ1) is 56.3. The minimum Gasteiger partial charge on any atom is -0.481 e. The highest BCUT2D eigenvalue weighted by Crippen LogP contribution is 2.17. The van der Waals surface area contributed by atoms with E-state index in [1.807, 2.05) is 38.1 Å². The van der Waals surface area contributed by atoms with Crippen LogP contribution in [-0.4, -0.2) is 95.5 Å². The van der Waals surface area contributed by atoms with Gasteiger partial charge in [0.15, 0.2) is 6.10 Å². The quantitative estimate of drug-likeness (QED) is 0.0399. The van der Waals surface area contributed by atoms with Gasteiger partial charge in [0.1, 0.15) is 12.6 Å². The molecular formula is C48H68N6O13. The first-order valence-corrected chi connectivity index (χ1v) is 22.5. The van der Waals surface area contributed by atoms with Crippen LogP contribution in [0.4, 0.5) is 10.5 Å². The summed E-state index contributed by atoms with van der Waals surface area (Å²) < 4.78 is 10.4. The first-order valence-electron chi connectivity index (χ1n) is 22.5. The van der Waals surface area contributed by atoms with E-state index in [0.717, 1.165) is 30.4 Å². The Labute approximate surface area is 392 Å². The van der Waals surface area contributed by atoms with Crippen molar-refractivity contribution in [2.45, 2.75) is 118 Å². The summed E-state index contributed by atoms with van der Waals surface area (Å²) in [6.45, 7) is 10.3. The molecule has 0 saturated carbocycles. The fourth-order valence-electron chi connectivity index (χ4n) is 6.20. The number of ether oxygens (including phenoxy) is 2. The summed E-state index contributed by atoms with van der Waals surface area (Å²) in [7, 11) is 0. The summed E-state index contributed by atoms with van der Waals surface area (Å²) >= 11 is 0. The number of allylic oxidation sites excluding steroid dienone is 1. The SMILES string of the molecule is CC(C)CC(OC(=O)C(C)CNC(=O)CNC(=O)C=CCCC(C)CCc1ccc(CNC(=O)OCc2ccc(NC(=O)CNC(=O)C(NC(=O)CCCC(=O)O)C(C)C)cc2)cc1)C(=O)O. The lowest BCUT2D eigenvalue weighted by Gasteiger charge is -2.21. The number of esters is 1. The van der Waals surface area contributed by atoms with Crippen molar-refractivity contribution in [1.29, 1.82) is 0 Å². The number of alkyl carbamates (subject to hydrolysis) is 1. The molecule has 0 heterocycles. The Morgan fingerprint density at radius 3 is 1.97 bits per heavy atom. The van der Waals surface area contributed by atoms with E-state index in [1.54, 1.807) is 44.2 Å². The zero-order chi connectivity index (χ0) is 49.9. The van der Waals surface area contributed by atoms with Crippen LogP contribution in [0.15, 0.2) is 60.7 Å². The normalized spacial score (nSPS) is 12.8. The summed E-state index contributed by atoms with van der Waals surface area (Å²) in [5, 5.41) is 33.6. The van der Waals surface area contributed by atoms with Crippen LogP contribution in [0.5, 0.6) is 0 Å². The van der Waals surface area contributed by atoms with Gasteiger partial charge in [0.25, 0.3) is 0 Å². The third-order valence-corrected chi connectivity index (χ3v) is 10.2. The van der Waals surface area contributed by atoms with Crippen LogP contribution in [-0.2, 0) is 67.4 Å². The summed E-state index contributed by atoms with van der Waals surface area (Å²) in [5.41, 5.74) is 3.18. The van der Waals surface area contributed by atoms with Gasteiger partial charge in [-0.1, -0.05) is 84.0 Å². The van der Waals surface area contributed by atoms with Gasteiger partial charge in [-0.25, -0.2) is 9.59 Å². The van der Waals surface area contributed by atoms with Crippen molar-refractivity contribution in [3.63, 3.8) is 0 Å². The molecule has 0 radical (unpaired) electrons. The predicted molar refractivity (Wildman–Crippen MR) is 248 cm³/mol. The van der Waals surface area contributed by atoms with Crippen molar-refractivity contribution < 1.29 is 62.8 Å². The molecule has 2 aromatic carbocycles. The summed E-state index contributed by atoms with van der Waals surface area (Å²) in [5.74, 6) is -6.02. The number of carbonyl (C=O) groups excluding carboxylic acids is 7. The number of carbonyl (C=O) groups is 9. The van der Waals surface area contributed by atoms with Crippen molar-refractivity contribution in [3.05, 3.63) is 77.4 Å². The topological polar surface area (TPSA) is 285 Å². The van der Waals surface area contributed by atoms with Crippen molar-refractivity contribution in [2.75, 3.05) is 25.0 Å². The molecule has 8 N–H and O–H groups in total. The third kappa shape index (κ3) is 24.9. The number of amides is 6. The Balaban J connectivity index is 1.62. The van der Waals surface area contributed by atoms with E-state index in [-0.39, 0.29) is 70.3 Å². The van der Waals surface area contributed by atoms with Gasteiger partial charge in [0, 0.05) is 31.6 Å². The molecule has 2 rings (SSSR count). The molecule has 0 aromatic heterocycles. The number of nitrogens with one attached hydrogen (secondary N) is 6. The van der Waals surface area contributed by atoms with Gasteiger partial charge in [0.2, 0.25) is 29.5 Å². The summed E-state index contributed by atoms with van der Waals surface area (Å²) in [6.07, 6.45) is 4.72. The minimum atomic E-state index is -1.25. The van der Waals surface area contributed by atoms with Crippen LogP contribution in [0.3, 0.4) is 0 Å². The number of hydrogen-bond acceptors (Lipinski definition) is 11. The van der Waals surface area contributed by atoms with E-state index in [4.69, 9.17) is 14.6 Å². The number of aliphatic carboxylic acids is 2. The Morgan fingerprint density at radius 1 is 0.701 bits per heavy atom. The van der Waals surface area contributed by atoms with Crippen LogP contribution >= 0.6 is 0 Å². The molecule has 0 aliphatic rings. The minimum absolute atomic E-state index is 0.00516. The zero-order valence-corrected chi connectivity index (χ0v) is 39.3. The highest BCUT2D eigenvalue weighted by Gasteiger charge is 2.27. The van der Waals surface area contributed by atoms with Crippen LogP contribution in [0.1, 0.15) is 103 Å². The molecule has 0 spiro atoms. The largest absolute Gasteiger partial charge is 0.481 e. The van der Waals surface area contributed by atoms with Gasteiger partial charge in [-0.3, -0.25) is 33.6 Å². The Morgan fingerprint density at radius 2 is 1.34 bits per heavy atom. The maximum atomic E-state index is 12.7. The summed E-state index contributed by atoms with van der Waals surface area (Å²) in [6, 6.07) is 13.6. The molecule has 6 amide bonds. The standard InChI is InChI=1S/C48H68N6O13/c1-30(2)24-38(46(62)63)67-47(64)33(6)25-49-41(57)27-50-39(55)11-8-7-10-32(5)14-15-34-16-18-35(19-17-34)26-52-48(65)66-29-36-20-22-37(23-21-36)53-42(58)28-51-45(61)44(31(3)4)54-40(56)12-9-13-43(59)60/h8,11,16-23,30-33,38,44H,7,9-10,12-15,24-29H2,1-6H3,(H,49,57)(H,50,55)(H,51,61)(H,52,65)(H,53,58)(H,54,56)(H,59,60)(H,62,63). The molecule has 368 valence electrons. The van der Waals surface area contributed by atoms with Crippen molar-refractivity contribution in [2.24, 2.45) is 23.7 Å². The molecule has 4 unspecified atom stereocenters. The molecule has 0 aliphatic heterocycles. The maximum Gasteiger partial charge on any atom is 0.407 e. The lowest BCUT2D eigenvalue weighted by atomic mass is 9.96. The second-order valence-corrected chi connectivity index (χ2v) is 17.2. The Hall–Kier alpha value is -6.79. The Kier molecular flexibility index (Phi) is 25.6. The lowest BCUT2D eigenvalue weighted by Crippen LogP contribution is -2.51. The molecule has 19 nitrogen and oxygen atoms in total. The highest BCUT2D eigenvalue weighted by atomic mass is 16.6. The summed E-state index contributed by atoms with van der Waals surface area (Å²) in [4.78, 5) is 108. The number of anilines is 1. The molecule has 67 heavy (non-hydrogen) atoms. The van der Waals surface area contributed by atoms with Crippen LogP contribution in [0.25, 0.3) is 0 Å². The number of carboxylic acid groups (broad SMARTS) is 2. The van der Waals surface area contributed by atoms with Gasteiger partial charge in [-0.2, -0.15) is 0 Å². The number of hydrogen-bond donors (Lipinski definition) is 8. The molecule has 0 fully saturated rings. The Bertz CT molecular complexity index is 1990. The van der Waals surface area contributed by atoms with E-state index < -0.39 is 71.6 Å². The molecule has 0 bridgehead atoms. The first-order chi connectivity index (χ1) is 31.7. The van der Waals surface area contributed by atoms with Gasteiger partial charge >= 0.3 is 24.0 Å². The average molecular weight is 937 g/mol. The fourth-order valence-corrected chi connectivity index (χ4v) is 6.20. The number of rotatable bonds is 30. The smallest absolute Gasteiger partial charge is 0.407 e. The molecule has 2 aromatic rings. The van der Waals surface area contributed by atoms with Gasteiger partial charge in [-0.05, 0) is 91.2 Å². The van der Waals surface area contributed by atoms with Crippen molar-refractivity contribution >= 4 is 59.2 Å². The van der Waals surface area contributed by atoms with E-state index in [1.165, 1.54) is 13.0 Å². The van der Waals surface area contributed by atoms with Crippen LogP contribution in [0, 0.1) is 23.7 Å². The van der Waals surface area contributed by atoms with Gasteiger partial charge in [0.05, 0.1) is 19.0 Å². The van der Waals surface area contributed by atoms with Crippen LogP contribution in [0.2, 0.25) is 0 Å².